The number of furan rings is 1. The molecule has 0 atom stereocenters. The van der Waals surface area contributed by atoms with Crippen LogP contribution in [0.1, 0.15) is 10.5 Å². The summed E-state index contributed by atoms with van der Waals surface area (Å²) in [5.41, 5.74) is 1.30. The van der Waals surface area contributed by atoms with E-state index in [-0.39, 0.29) is 5.69 Å². The second kappa shape index (κ2) is 1.82. The lowest BCUT2D eigenvalue weighted by molar-refractivity contribution is 0.0676. The molecule has 2 aromatic rings. The Balaban J connectivity index is 2.50. The third-order valence-corrected chi connectivity index (χ3v) is 1.99. The second-order valence-electron chi connectivity index (χ2n) is 2.69. The number of hydrogen-bond acceptors (Lipinski definition) is 4. The zero-order chi connectivity index (χ0) is 9.00. The number of hydrogen-bond donors (Lipinski definition) is 0. The van der Waals surface area contributed by atoms with Crippen molar-refractivity contribution in [3.63, 3.8) is 0 Å². The van der Waals surface area contributed by atoms with Gasteiger partial charge in [0.2, 0.25) is 0 Å². The molecule has 0 amide bonds. The summed E-state index contributed by atoms with van der Waals surface area (Å²) < 4.78 is 10.6. The van der Waals surface area contributed by atoms with E-state index in [1.165, 1.54) is 16.9 Å². The predicted molar refractivity (Wildman–Crippen MR) is 40.4 cm³/mol. The second-order valence-corrected chi connectivity index (χ2v) is 2.69. The van der Waals surface area contributed by atoms with E-state index in [1.807, 2.05) is 0 Å². The Bertz CT molecular complexity index is 533. The van der Waals surface area contributed by atoms with Crippen LogP contribution in [0.3, 0.4) is 0 Å². The first-order chi connectivity index (χ1) is 6.27. The molecule has 1 aliphatic rings. The topological polar surface area (TPSA) is 61.4 Å². The van der Waals surface area contributed by atoms with Crippen LogP contribution in [0.2, 0.25) is 0 Å². The first kappa shape index (κ1) is 6.47. The van der Waals surface area contributed by atoms with Crippen molar-refractivity contribution in [3.05, 3.63) is 24.1 Å². The van der Waals surface area contributed by atoms with Crippen LogP contribution in [-0.4, -0.2) is 16.6 Å². The molecule has 0 aromatic carbocycles. The average molecular weight is 177 g/mol. The third kappa shape index (κ3) is 0.618. The average Bonchev–Trinajstić information content (AvgIpc) is 2.63. The minimum atomic E-state index is -0.670. The van der Waals surface area contributed by atoms with Gasteiger partial charge in [-0.1, -0.05) is 0 Å². The van der Waals surface area contributed by atoms with Crippen LogP contribution >= 0.6 is 0 Å². The van der Waals surface area contributed by atoms with Gasteiger partial charge >= 0.3 is 12.1 Å². The smallest absolute Gasteiger partial charge is 0.427 e. The molecule has 0 aliphatic carbocycles. The number of cyclic esters (lactones) is 2. The molecule has 0 saturated carbocycles. The fourth-order valence-corrected chi connectivity index (χ4v) is 1.45. The van der Waals surface area contributed by atoms with Crippen molar-refractivity contribution >= 4 is 23.2 Å². The van der Waals surface area contributed by atoms with Crippen molar-refractivity contribution in [2.75, 3.05) is 0 Å². The molecular formula is C8H3NO4. The van der Waals surface area contributed by atoms with Gasteiger partial charge in [0.05, 0.1) is 11.8 Å². The summed E-state index contributed by atoms with van der Waals surface area (Å²) in [5, 5.41) is 0. The molecule has 0 radical (unpaired) electrons. The fraction of sp³-hybridized carbons (Fsp3) is 0. The van der Waals surface area contributed by atoms with Gasteiger partial charge in [0.15, 0.2) is 5.58 Å². The molecule has 5 nitrogen and oxygen atoms in total. The highest BCUT2D eigenvalue weighted by molar-refractivity contribution is 6.09. The predicted octanol–water partition coefficient (Wildman–Crippen LogP) is 1.37. The van der Waals surface area contributed by atoms with Gasteiger partial charge < -0.3 is 9.15 Å². The SMILES string of the molecule is O=C1OC(=O)n2c1cc1occc12. The Kier molecular flexibility index (Phi) is 0.906. The van der Waals surface area contributed by atoms with Crippen molar-refractivity contribution in [2.45, 2.75) is 0 Å². The molecule has 3 rings (SSSR count). The molecular weight excluding hydrogens is 174 g/mol. The van der Waals surface area contributed by atoms with E-state index in [0.29, 0.717) is 11.1 Å². The molecule has 0 saturated heterocycles. The molecule has 0 spiro atoms. The third-order valence-electron chi connectivity index (χ3n) is 1.99. The summed E-state index contributed by atoms with van der Waals surface area (Å²) in [6, 6.07) is 3.10. The zero-order valence-corrected chi connectivity index (χ0v) is 6.31. The van der Waals surface area contributed by atoms with E-state index < -0.39 is 12.1 Å². The molecule has 0 fully saturated rings. The van der Waals surface area contributed by atoms with Crippen LogP contribution in [0, 0.1) is 0 Å². The summed E-state index contributed by atoms with van der Waals surface area (Å²) in [4.78, 5) is 22.2. The van der Waals surface area contributed by atoms with E-state index in [1.54, 1.807) is 6.07 Å². The van der Waals surface area contributed by atoms with Crippen LogP contribution in [0.5, 0.6) is 0 Å². The summed E-state index contributed by atoms with van der Waals surface area (Å²) in [6.07, 6.45) is 0.782. The van der Waals surface area contributed by atoms with Crippen molar-refractivity contribution in [2.24, 2.45) is 0 Å². The lowest BCUT2D eigenvalue weighted by Gasteiger charge is -1.88. The maximum atomic E-state index is 11.1. The van der Waals surface area contributed by atoms with Crippen molar-refractivity contribution in [1.82, 2.24) is 4.57 Å². The molecule has 13 heavy (non-hydrogen) atoms. The van der Waals surface area contributed by atoms with Crippen molar-refractivity contribution < 1.29 is 18.7 Å². The van der Waals surface area contributed by atoms with Crippen LogP contribution in [0.25, 0.3) is 11.1 Å². The van der Waals surface area contributed by atoms with E-state index in [4.69, 9.17) is 4.42 Å². The Morgan fingerprint density at radius 1 is 1.31 bits per heavy atom. The highest BCUT2D eigenvalue weighted by Gasteiger charge is 2.32. The lowest BCUT2D eigenvalue weighted by Crippen LogP contribution is -2.03. The molecule has 5 heteroatoms. The standard InChI is InChI=1S/C8H3NO4/c10-7-5-3-6-4(1-2-12-6)9(5)8(11)13-7/h1-3H. The van der Waals surface area contributed by atoms with E-state index in [0.717, 1.165) is 0 Å². The number of carbonyl (C=O) groups is 2. The van der Waals surface area contributed by atoms with Gasteiger partial charge in [-0.15, -0.1) is 0 Å². The summed E-state index contributed by atoms with van der Waals surface area (Å²) in [6.45, 7) is 0. The van der Waals surface area contributed by atoms with Gasteiger partial charge in [-0.2, -0.15) is 0 Å². The van der Waals surface area contributed by atoms with Gasteiger partial charge in [-0.25, -0.2) is 14.2 Å². The number of aromatic nitrogens is 1. The van der Waals surface area contributed by atoms with Crippen molar-refractivity contribution in [1.29, 1.82) is 0 Å². The number of carbonyl (C=O) groups excluding carboxylic acids is 2. The quantitative estimate of drug-likeness (QED) is 0.450. The maximum Gasteiger partial charge on any atom is 0.427 e. The first-order valence-corrected chi connectivity index (χ1v) is 3.63. The Morgan fingerprint density at radius 3 is 3.00 bits per heavy atom. The minimum absolute atomic E-state index is 0.222. The largest absolute Gasteiger partial charge is 0.463 e. The Labute approximate surface area is 71.5 Å². The number of nitrogens with zero attached hydrogens (tertiary/aromatic N) is 1. The van der Waals surface area contributed by atoms with Gasteiger partial charge in [0, 0.05) is 12.1 Å². The van der Waals surface area contributed by atoms with E-state index in [2.05, 4.69) is 4.74 Å². The summed E-state index contributed by atoms with van der Waals surface area (Å²) >= 11 is 0. The van der Waals surface area contributed by atoms with Gasteiger partial charge in [0.1, 0.15) is 5.69 Å². The number of esters is 1. The van der Waals surface area contributed by atoms with Crippen LogP contribution < -0.4 is 0 Å². The van der Waals surface area contributed by atoms with Gasteiger partial charge in [0.25, 0.3) is 0 Å². The number of fused-ring (bicyclic) bond motifs is 3. The zero-order valence-electron chi connectivity index (χ0n) is 6.31. The first-order valence-electron chi connectivity index (χ1n) is 3.63. The molecule has 0 bridgehead atoms. The van der Waals surface area contributed by atoms with E-state index in [9.17, 15) is 9.59 Å². The Morgan fingerprint density at radius 2 is 2.15 bits per heavy atom. The normalized spacial score (nSPS) is 15.1. The monoisotopic (exact) mass is 177 g/mol. The highest BCUT2D eigenvalue weighted by atomic mass is 16.6. The molecule has 3 heterocycles. The van der Waals surface area contributed by atoms with Crippen molar-refractivity contribution in [3.8, 4) is 0 Å². The number of rotatable bonds is 0. The van der Waals surface area contributed by atoms with Gasteiger partial charge in [-0.05, 0) is 0 Å². The maximum absolute atomic E-state index is 11.1. The van der Waals surface area contributed by atoms with Gasteiger partial charge in [-0.3, -0.25) is 0 Å². The fourth-order valence-electron chi connectivity index (χ4n) is 1.45. The van der Waals surface area contributed by atoms with Crippen LogP contribution in [0.15, 0.2) is 22.8 Å². The molecule has 0 unspecified atom stereocenters. The minimum Gasteiger partial charge on any atom is -0.463 e. The number of ether oxygens (including phenoxy) is 1. The summed E-state index contributed by atoms with van der Waals surface area (Å²) in [7, 11) is 0. The lowest BCUT2D eigenvalue weighted by atomic mass is 10.4. The molecule has 2 aromatic heterocycles. The highest BCUT2D eigenvalue weighted by Crippen LogP contribution is 2.25. The Hall–Kier alpha value is -2.04. The molecule has 64 valence electrons. The molecule has 0 N–H and O–H groups in total. The van der Waals surface area contributed by atoms with Crippen LogP contribution in [-0.2, 0) is 4.74 Å². The molecule has 1 aliphatic heterocycles. The van der Waals surface area contributed by atoms with Crippen LogP contribution in [0.4, 0.5) is 4.79 Å². The summed E-state index contributed by atoms with van der Waals surface area (Å²) in [5.74, 6) is -0.628. The van der Waals surface area contributed by atoms with E-state index >= 15 is 0 Å².